The summed E-state index contributed by atoms with van der Waals surface area (Å²) >= 11 is 0. The van der Waals surface area contributed by atoms with E-state index in [9.17, 15) is 18.4 Å². The van der Waals surface area contributed by atoms with Crippen molar-refractivity contribution in [1.29, 1.82) is 0 Å². The summed E-state index contributed by atoms with van der Waals surface area (Å²) in [6.07, 6.45) is 1.82. The van der Waals surface area contributed by atoms with Crippen molar-refractivity contribution in [3.8, 4) is 11.5 Å². The third-order valence-corrected chi connectivity index (χ3v) is 4.38. The molecule has 162 valence electrons. The molecule has 1 aliphatic heterocycles. The highest BCUT2D eigenvalue weighted by Gasteiger charge is 2.15. The van der Waals surface area contributed by atoms with Crippen LogP contribution in [0.25, 0.3) is 0 Å². The van der Waals surface area contributed by atoms with E-state index in [1.807, 2.05) is 0 Å². The van der Waals surface area contributed by atoms with Crippen LogP contribution in [-0.2, 0) is 9.53 Å². The molecule has 1 saturated heterocycles. The molecule has 10 heteroatoms. The van der Waals surface area contributed by atoms with Gasteiger partial charge in [-0.1, -0.05) is 0 Å². The number of carbonyl (C=O) groups excluding carboxylic acids is 2. The van der Waals surface area contributed by atoms with Gasteiger partial charge in [-0.3, -0.25) is 14.5 Å². The minimum absolute atomic E-state index is 0.00247. The first kappa shape index (κ1) is 22.8. The minimum Gasteiger partial charge on any atom is -0.493 e. The van der Waals surface area contributed by atoms with Gasteiger partial charge in [0.05, 0.1) is 26.9 Å². The predicted molar refractivity (Wildman–Crippen MR) is 101 cm³/mol. The molecule has 0 bridgehead atoms. The summed E-state index contributed by atoms with van der Waals surface area (Å²) in [4.78, 5) is 26.3. The maximum absolute atomic E-state index is 12.3. The second-order valence-electron chi connectivity index (χ2n) is 6.44. The van der Waals surface area contributed by atoms with Gasteiger partial charge < -0.3 is 24.8 Å². The maximum atomic E-state index is 12.3. The lowest BCUT2D eigenvalue weighted by molar-refractivity contribution is -0.120. The number of alkyl halides is 2. The lowest BCUT2D eigenvalue weighted by Crippen LogP contribution is -2.38. The maximum Gasteiger partial charge on any atom is 0.387 e. The Hall–Kier alpha value is -2.46. The summed E-state index contributed by atoms with van der Waals surface area (Å²) in [5.41, 5.74) is 0.168. The lowest BCUT2D eigenvalue weighted by Gasteiger charge is -2.26. The third kappa shape index (κ3) is 8.20. The zero-order chi connectivity index (χ0) is 21.1. The fourth-order valence-electron chi connectivity index (χ4n) is 2.84. The Morgan fingerprint density at radius 3 is 2.62 bits per heavy atom. The number of amides is 2. The molecular formula is C19H27F2N3O5. The highest BCUT2D eigenvalue weighted by Crippen LogP contribution is 2.29. The molecule has 0 aromatic heterocycles. The number of benzene rings is 1. The molecule has 0 saturated carbocycles. The van der Waals surface area contributed by atoms with Gasteiger partial charge in [-0.15, -0.1) is 0 Å². The molecular weight excluding hydrogens is 388 g/mol. The van der Waals surface area contributed by atoms with Gasteiger partial charge in [0.15, 0.2) is 11.5 Å². The van der Waals surface area contributed by atoms with E-state index in [-0.39, 0.29) is 29.5 Å². The smallest absolute Gasteiger partial charge is 0.387 e. The standard InChI is InChI=1S/C19H27F2N3O5/c1-27-16-12-14(4-5-15(16)29-19(20)21)18(26)23-13-17(25)22-6-2-3-7-24-8-10-28-11-9-24/h4-5,12,19H,2-3,6-11,13H2,1H3,(H,22,25)(H,23,26). The van der Waals surface area contributed by atoms with Crippen LogP contribution in [0.15, 0.2) is 18.2 Å². The summed E-state index contributed by atoms with van der Waals surface area (Å²) in [6.45, 7) is 1.75. The molecule has 0 aliphatic carbocycles. The first-order valence-corrected chi connectivity index (χ1v) is 9.47. The van der Waals surface area contributed by atoms with Crippen LogP contribution in [0.1, 0.15) is 23.2 Å². The Bertz CT molecular complexity index is 669. The number of carbonyl (C=O) groups is 2. The third-order valence-electron chi connectivity index (χ3n) is 4.38. The summed E-state index contributed by atoms with van der Waals surface area (Å²) in [7, 11) is 1.28. The number of unbranched alkanes of at least 4 members (excludes halogenated alkanes) is 1. The Morgan fingerprint density at radius 2 is 1.93 bits per heavy atom. The van der Waals surface area contributed by atoms with Crippen molar-refractivity contribution in [2.45, 2.75) is 19.5 Å². The summed E-state index contributed by atoms with van der Waals surface area (Å²) in [5, 5.41) is 5.24. The van der Waals surface area contributed by atoms with Crippen LogP contribution in [0.2, 0.25) is 0 Å². The number of nitrogens with one attached hydrogen (secondary N) is 2. The number of hydrogen-bond acceptors (Lipinski definition) is 6. The van der Waals surface area contributed by atoms with Crippen molar-refractivity contribution < 1.29 is 32.6 Å². The van der Waals surface area contributed by atoms with Crippen LogP contribution in [0.3, 0.4) is 0 Å². The molecule has 2 N–H and O–H groups in total. The van der Waals surface area contributed by atoms with Crippen molar-refractivity contribution in [2.24, 2.45) is 0 Å². The van der Waals surface area contributed by atoms with E-state index < -0.39 is 12.5 Å². The van der Waals surface area contributed by atoms with Crippen molar-refractivity contribution in [3.05, 3.63) is 23.8 Å². The Kier molecular flexibility index (Phi) is 9.58. The molecule has 1 fully saturated rings. The van der Waals surface area contributed by atoms with Gasteiger partial charge in [-0.05, 0) is 37.6 Å². The van der Waals surface area contributed by atoms with E-state index >= 15 is 0 Å². The highest BCUT2D eigenvalue weighted by atomic mass is 19.3. The number of rotatable bonds is 11. The van der Waals surface area contributed by atoms with E-state index in [0.29, 0.717) is 6.54 Å². The Morgan fingerprint density at radius 1 is 1.17 bits per heavy atom. The largest absolute Gasteiger partial charge is 0.493 e. The van der Waals surface area contributed by atoms with Crippen molar-refractivity contribution >= 4 is 11.8 Å². The Labute approximate surface area is 168 Å². The van der Waals surface area contributed by atoms with Gasteiger partial charge in [0, 0.05) is 25.2 Å². The van der Waals surface area contributed by atoms with Crippen LogP contribution in [0, 0.1) is 0 Å². The highest BCUT2D eigenvalue weighted by molar-refractivity contribution is 5.97. The van der Waals surface area contributed by atoms with Crippen molar-refractivity contribution in [2.75, 3.05) is 53.0 Å². The molecule has 2 rings (SSSR count). The normalized spacial score (nSPS) is 14.5. The average molecular weight is 415 g/mol. The zero-order valence-electron chi connectivity index (χ0n) is 16.4. The van der Waals surface area contributed by atoms with Gasteiger partial charge >= 0.3 is 6.61 Å². The van der Waals surface area contributed by atoms with Crippen molar-refractivity contribution in [3.63, 3.8) is 0 Å². The second kappa shape index (κ2) is 12.2. The van der Waals surface area contributed by atoms with Crippen molar-refractivity contribution in [1.82, 2.24) is 15.5 Å². The van der Waals surface area contributed by atoms with Crippen LogP contribution in [0.5, 0.6) is 11.5 Å². The van der Waals surface area contributed by atoms with Gasteiger partial charge in [0.2, 0.25) is 5.91 Å². The molecule has 0 unspecified atom stereocenters. The summed E-state index contributed by atoms with van der Waals surface area (Å²) in [5.74, 6) is -0.986. The van der Waals surface area contributed by atoms with Gasteiger partial charge in [0.25, 0.3) is 5.91 Å². The zero-order valence-corrected chi connectivity index (χ0v) is 16.4. The van der Waals surface area contributed by atoms with E-state index in [0.717, 1.165) is 45.7 Å². The minimum atomic E-state index is -3.00. The Balaban J connectivity index is 1.66. The molecule has 1 heterocycles. The number of morpholine rings is 1. The van der Waals surface area contributed by atoms with Crippen LogP contribution >= 0.6 is 0 Å². The number of halogens is 2. The number of methoxy groups -OCH3 is 1. The van der Waals surface area contributed by atoms with Gasteiger partial charge in [-0.2, -0.15) is 8.78 Å². The molecule has 29 heavy (non-hydrogen) atoms. The van der Waals surface area contributed by atoms with E-state index in [2.05, 4.69) is 20.3 Å². The van der Waals surface area contributed by atoms with Gasteiger partial charge in [0.1, 0.15) is 0 Å². The van der Waals surface area contributed by atoms with E-state index in [1.165, 1.54) is 25.3 Å². The van der Waals surface area contributed by atoms with Crippen LogP contribution < -0.4 is 20.1 Å². The number of ether oxygens (including phenoxy) is 3. The fourth-order valence-corrected chi connectivity index (χ4v) is 2.84. The fraction of sp³-hybridized carbons (Fsp3) is 0.579. The molecule has 1 aromatic carbocycles. The summed E-state index contributed by atoms with van der Waals surface area (Å²) in [6, 6.07) is 3.81. The second-order valence-corrected chi connectivity index (χ2v) is 6.44. The predicted octanol–water partition coefficient (Wildman–Crippen LogP) is 1.26. The molecule has 0 radical (unpaired) electrons. The lowest BCUT2D eigenvalue weighted by atomic mass is 10.2. The molecule has 1 aromatic rings. The molecule has 0 spiro atoms. The number of nitrogens with zero attached hydrogens (tertiary/aromatic N) is 1. The monoisotopic (exact) mass is 415 g/mol. The first-order chi connectivity index (χ1) is 14.0. The van der Waals surface area contributed by atoms with Crippen LogP contribution in [0.4, 0.5) is 8.78 Å². The topological polar surface area (TPSA) is 89.1 Å². The first-order valence-electron chi connectivity index (χ1n) is 9.47. The van der Waals surface area contributed by atoms with E-state index in [4.69, 9.17) is 9.47 Å². The SMILES string of the molecule is COc1cc(C(=O)NCC(=O)NCCCCN2CCOCC2)ccc1OC(F)F. The molecule has 8 nitrogen and oxygen atoms in total. The quantitative estimate of drug-likeness (QED) is 0.529. The molecule has 0 atom stereocenters. The molecule has 1 aliphatic rings. The van der Waals surface area contributed by atoms with E-state index in [1.54, 1.807) is 0 Å². The summed E-state index contributed by atoms with van der Waals surface area (Å²) < 4.78 is 39.2. The van der Waals surface area contributed by atoms with Crippen LogP contribution in [-0.4, -0.2) is 76.4 Å². The molecule has 2 amide bonds. The average Bonchev–Trinajstić information content (AvgIpc) is 2.72. The van der Waals surface area contributed by atoms with Gasteiger partial charge in [-0.25, -0.2) is 0 Å². The number of hydrogen-bond donors (Lipinski definition) is 2.